The molecule has 0 spiro atoms. The summed E-state index contributed by atoms with van der Waals surface area (Å²) in [5, 5.41) is 2.31. The van der Waals surface area contributed by atoms with E-state index in [-0.39, 0.29) is 11.7 Å². The van der Waals surface area contributed by atoms with Crippen LogP contribution in [0.1, 0.15) is 29.3 Å². The Labute approximate surface area is 131 Å². The third-order valence-corrected chi connectivity index (χ3v) is 4.19. The second-order valence-electron chi connectivity index (χ2n) is 5.85. The van der Waals surface area contributed by atoms with Gasteiger partial charge in [0, 0.05) is 11.5 Å². The first-order valence-electron chi connectivity index (χ1n) is 7.81. The van der Waals surface area contributed by atoms with Gasteiger partial charge in [0.2, 0.25) is 0 Å². The van der Waals surface area contributed by atoms with E-state index in [9.17, 15) is 4.79 Å². The lowest BCUT2D eigenvalue weighted by molar-refractivity contribution is 0.0924. The Morgan fingerprint density at radius 3 is 2.32 bits per heavy atom. The maximum Gasteiger partial charge on any atom is 0.165 e. The maximum absolute atomic E-state index is 12.6. The van der Waals surface area contributed by atoms with Crippen LogP contribution in [-0.2, 0) is 6.42 Å². The van der Waals surface area contributed by atoms with Crippen LogP contribution in [0, 0.1) is 5.92 Å². The predicted molar refractivity (Wildman–Crippen MR) is 92.2 cm³/mol. The van der Waals surface area contributed by atoms with Crippen LogP contribution in [0.15, 0.2) is 72.8 Å². The lowest BCUT2D eigenvalue weighted by atomic mass is 9.92. The van der Waals surface area contributed by atoms with Crippen molar-refractivity contribution in [1.29, 1.82) is 0 Å². The number of rotatable bonds is 5. The summed E-state index contributed by atoms with van der Waals surface area (Å²) >= 11 is 0. The fourth-order valence-corrected chi connectivity index (χ4v) is 2.79. The molecule has 110 valence electrons. The van der Waals surface area contributed by atoms with Crippen LogP contribution in [0.4, 0.5) is 0 Å². The highest BCUT2D eigenvalue weighted by Gasteiger charge is 2.15. The SMILES string of the molecule is CC(CCc1ccccc1)C(=O)c1ccc2ccccc2c1. The van der Waals surface area contributed by atoms with Crippen molar-refractivity contribution in [2.45, 2.75) is 19.8 Å². The smallest absolute Gasteiger partial charge is 0.165 e. The molecule has 1 unspecified atom stereocenters. The normalized spacial score (nSPS) is 12.2. The molecule has 0 aromatic heterocycles. The zero-order valence-electron chi connectivity index (χ0n) is 12.8. The van der Waals surface area contributed by atoms with Crippen LogP contribution in [0.2, 0.25) is 0 Å². The molecule has 1 atom stereocenters. The first-order valence-corrected chi connectivity index (χ1v) is 7.81. The third-order valence-electron chi connectivity index (χ3n) is 4.19. The molecule has 1 heteroatoms. The minimum atomic E-state index is 0.0429. The largest absolute Gasteiger partial charge is 0.294 e. The van der Waals surface area contributed by atoms with Gasteiger partial charge in [-0.1, -0.05) is 73.7 Å². The molecular formula is C21H20O. The minimum absolute atomic E-state index is 0.0429. The van der Waals surface area contributed by atoms with Crippen LogP contribution < -0.4 is 0 Å². The molecule has 0 fully saturated rings. The molecule has 0 bridgehead atoms. The van der Waals surface area contributed by atoms with Crippen LogP contribution >= 0.6 is 0 Å². The molecule has 0 aliphatic rings. The average Bonchev–Trinajstić information content (AvgIpc) is 2.59. The Morgan fingerprint density at radius 2 is 1.55 bits per heavy atom. The highest BCUT2D eigenvalue weighted by atomic mass is 16.1. The number of fused-ring (bicyclic) bond motifs is 1. The highest BCUT2D eigenvalue weighted by molar-refractivity contribution is 6.01. The molecule has 0 saturated heterocycles. The molecule has 0 aliphatic heterocycles. The maximum atomic E-state index is 12.6. The molecule has 3 aromatic carbocycles. The van der Waals surface area contributed by atoms with Crippen molar-refractivity contribution in [3.8, 4) is 0 Å². The Kier molecular flexibility index (Phi) is 4.34. The molecule has 1 nitrogen and oxygen atoms in total. The van der Waals surface area contributed by atoms with Crippen LogP contribution in [-0.4, -0.2) is 5.78 Å². The summed E-state index contributed by atoms with van der Waals surface area (Å²) in [5.41, 5.74) is 2.11. The second-order valence-corrected chi connectivity index (χ2v) is 5.85. The fourth-order valence-electron chi connectivity index (χ4n) is 2.79. The number of hydrogen-bond acceptors (Lipinski definition) is 1. The van der Waals surface area contributed by atoms with Crippen molar-refractivity contribution in [3.63, 3.8) is 0 Å². The van der Waals surface area contributed by atoms with Crippen molar-refractivity contribution in [1.82, 2.24) is 0 Å². The number of Topliss-reactive ketones (excluding diaryl/α,β-unsaturated/α-hetero) is 1. The van der Waals surface area contributed by atoms with E-state index in [2.05, 4.69) is 24.3 Å². The summed E-state index contributed by atoms with van der Waals surface area (Å²) in [6, 6.07) is 24.5. The fraction of sp³-hybridized carbons (Fsp3) is 0.190. The summed E-state index contributed by atoms with van der Waals surface area (Å²) in [6.07, 6.45) is 1.83. The Bertz CT molecular complexity index is 774. The summed E-state index contributed by atoms with van der Waals surface area (Å²) in [6.45, 7) is 2.03. The zero-order chi connectivity index (χ0) is 15.4. The Balaban J connectivity index is 1.71. The van der Waals surface area contributed by atoms with Gasteiger partial charge in [0.05, 0.1) is 0 Å². The molecule has 0 heterocycles. The Morgan fingerprint density at radius 1 is 0.864 bits per heavy atom. The van der Waals surface area contributed by atoms with E-state index >= 15 is 0 Å². The average molecular weight is 288 g/mol. The first-order chi connectivity index (χ1) is 10.7. The van der Waals surface area contributed by atoms with Crippen molar-refractivity contribution >= 4 is 16.6 Å². The van der Waals surface area contributed by atoms with E-state index in [4.69, 9.17) is 0 Å². The Hall–Kier alpha value is -2.41. The highest BCUT2D eigenvalue weighted by Crippen LogP contribution is 2.20. The van der Waals surface area contributed by atoms with Gasteiger partial charge in [-0.3, -0.25) is 4.79 Å². The van der Waals surface area contributed by atoms with E-state index in [0.29, 0.717) is 0 Å². The monoisotopic (exact) mass is 288 g/mol. The summed E-state index contributed by atoms with van der Waals surface area (Å²) < 4.78 is 0. The van der Waals surface area contributed by atoms with E-state index in [0.717, 1.165) is 23.8 Å². The molecule has 0 amide bonds. The zero-order valence-corrected chi connectivity index (χ0v) is 12.8. The van der Waals surface area contributed by atoms with Gasteiger partial charge in [0.25, 0.3) is 0 Å². The molecule has 22 heavy (non-hydrogen) atoms. The molecule has 0 radical (unpaired) electrons. The number of aryl methyl sites for hydroxylation is 1. The summed E-state index contributed by atoms with van der Waals surface area (Å²) in [7, 11) is 0. The number of ketones is 1. The molecule has 3 rings (SSSR count). The molecule has 0 aliphatic carbocycles. The molecule has 3 aromatic rings. The standard InChI is InChI=1S/C21H20O/c1-16(11-12-17-7-3-2-4-8-17)21(22)20-14-13-18-9-5-6-10-19(18)15-20/h2-10,13-16H,11-12H2,1H3. The van der Waals surface area contributed by atoms with Gasteiger partial charge >= 0.3 is 0 Å². The number of benzene rings is 3. The van der Waals surface area contributed by atoms with Crippen molar-refractivity contribution in [2.24, 2.45) is 5.92 Å². The first kappa shape index (κ1) is 14.5. The lowest BCUT2D eigenvalue weighted by Gasteiger charge is -2.11. The van der Waals surface area contributed by atoms with Crippen molar-refractivity contribution in [2.75, 3.05) is 0 Å². The van der Waals surface area contributed by atoms with E-state index in [1.54, 1.807) is 0 Å². The van der Waals surface area contributed by atoms with Gasteiger partial charge in [-0.15, -0.1) is 0 Å². The quantitative estimate of drug-likeness (QED) is 0.583. The molecule has 0 saturated carbocycles. The van der Waals surface area contributed by atoms with Gasteiger partial charge in [0.1, 0.15) is 0 Å². The van der Waals surface area contributed by atoms with Gasteiger partial charge in [-0.05, 0) is 35.2 Å². The van der Waals surface area contributed by atoms with Gasteiger partial charge < -0.3 is 0 Å². The number of carbonyl (C=O) groups is 1. The van der Waals surface area contributed by atoms with E-state index in [1.165, 1.54) is 10.9 Å². The van der Waals surface area contributed by atoms with Crippen molar-refractivity contribution in [3.05, 3.63) is 83.9 Å². The summed E-state index contributed by atoms with van der Waals surface area (Å²) in [5.74, 6) is 0.281. The molecule has 0 N–H and O–H groups in total. The number of carbonyl (C=O) groups excluding carboxylic acids is 1. The predicted octanol–water partition coefficient (Wildman–Crippen LogP) is 5.29. The van der Waals surface area contributed by atoms with Crippen LogP contribution in [0.3, 0.4) is 0 Å². The van der Waals surface area contributed by atoms with Gasteiger partial charge in [-0.2, -0.15) is 0 Å². The lowest BCUT2D eigenvalue weighted by Crippen LogP contribution is -2.12. The summed E-state index contributed by atoms with van der Waals surface area (Å²) in [4.78, 5) is 12.6. The van der Waals surface area contributed by atoms with Crippen molar-refractivity contribution < 1.29 is 4.79 Å². The van der Waals surface area contributed by atoms with Gasteiger partial charge in [0.15, 0.2) is 5.78 Å². The van der Waals surface area contributed by atoms with E-state index < -0.39 is 0 Å². The minimum Gasteiger partial charge on any atom is -0.294 e. The molecular weight excluding hydrogens is 268 g/mol. The number of hydrogen-bond donors (Lipinski definition) is 0. The second kappa shape index (κ2) is 6.57. The van der Waals surface area contributed by atoms with Crippen LogP contribution in [0.25, 0.3) is 10.8 Å². The van der Waals surface area contributed by atoms with Crippen LogP contribution in [0.5, 0.6) is 0 Å². The topological polar surface area (TPSA) is 17.1 Å². The van der Waals surface area contributed by atoms with E-state index in [1.807, 2.05) is 55.5 Å². The third kappa shape index (κ3) is 3.25. The van der Waals surface area contributed by atoms with Gasteiger partial charge in [-0.25, -0.2) is 0 Å².